The highest BCUT2D eigenvalue weighted by molar-refractivity contribution is 6.37. The van der Waals surface area contributed by atoms with Crippen LogP contribution in [0.2, 0.25) is 0 Å². The number of esters is 1. The highest BCUT2D eigenvalue weighted by atomic mass is 16.5. The van der Waals surface area contributed by atoms with E-state index in [9.17, 15) is 14.4 Å². The monoisotopic (exact) mass is 170 g/mol. The molecule has 0 heterocycles. The van der Waals surface area contributed by atoms with E-state index < -0.39 is 24.0 Å². The van der Waals surface area contributed by atoms with Crippen LogP contribution in [-0.2, 0) is 19.1 Å². The van der Waals surface area contributed by atoms with Crippen molar-refractivity contribution in [2.75, 3.05) is 7.11 Å². The molecule has 4 nitrogen and oxygen atoms in total. The van der Waals surface area contributed by atoms with Crippen molar-refractivity contribution in [1.29, 1.82) is 0 Å². The molecule has 0 saturated heterocycles. The Labute approximate surface area is 70.2 Å². The van der Waals surface area contributed by atoms with Crippen molar-refractivity contribution in [2.45, 2.75) is 13.3 Å². The van der Waals surface area contributed by atoms with Crippen molar-refractivity contribution in [2.24, 2.45) is 0 Å². The van der Waals surface area contributed by atoms with Crippen LogP contribution in [0.1, 0.15) is 13.3 Å². The summed E-state index contributed by atoms with van der Waals surface area (Å²) in [6, 6.07) is 0. The second-order valence-electron chi connectivity index (χ2n) is 2.30. The van der Waals surface area contributed by atoms with Crippen LogP contribution in [0.5, 0.6) is 0 Å². The maximum atomic E-state index is 10.8. The summed E-state index contributed by atoms with van der Waals surface area (Å²) in [4.78, 5) is 32.1. The first kappa shape index (κ1) is 10.6. The van der Waals surface area contributed by atoms with E-state index in [1.165, 1.54) is 6.92 Å². The summed E-state index contributed by atoms with van der Waals surface area (Å²) in [7, 11) is 1.09. The average Bonchev–Trinajstić information content (AvgIpc) is 2.02. The number of rotatable bonds is 4. The zero-order valence-electron chi connectivity index (χ0n) is 7.05. The van der Waals surface area contributed by atoms with Crippen molar-refractivity contribution < 1.29 is 19.1 Å². The molecule has 0 aliphatic rings. The Morgan fingerprint density at radius 1 is 1.25 bits per heavy atom. The standard InChI is InChI=1S/C8H10O4/c1-5(2)6(9)4-7(10)8(11)12-3/h1,4H2,2-3H3. The van der Waals surface area contributed by atoms with Gasteiger partial charge in [0.05, 0.1) is 13.5 Å². The van der Waals surface area contributed by atoms with Gasteiger partial charge in [0.2, 0.25) is 5.78 Å². The quantitative estimate of drug-likeness (QED) is 0.263. The van der Waals surface area contributed by atoms with Crippen LogP contribution in [-0.4, -0.2) is 24.6 Å². The largest absolute Gasteiger partial charge is 0.463 e. The van der Waals surface area contributed by atoms with E-state index in [0.29, 0.717) is 0 Å². The molecule has 0 aromatic rings. The van der Waals surface area contributed by atoms with Gasteiger partial charge in [-0.25, -0.2) is 4.79 Å². The Kier molecular flexibility index (Phi) is 3.90. The number of ketones is 2. The second kappa shape index (κ2) is 4.43. The third-order valence-electron chi connectivity index (χ3n) is 1.21. The SMILES string of the molecule is C=C(C)C(=O)CC(=O)C(=O)OC. The summed E-state index contributed by atoms with van der Waals surface area (Å²) in [6.07, 6.45) is -0.456. The van der Waals surface area contributed by atoms with E-state index in [4.69, 9.17) is 0 Å². The lowest BCUT2D eigenvalue weighted by Gasteiger charge is -1.97. The summed E-state index contributed by atoms with van der Waals surface area (Å²) in [5, 5.41) is 0. The minimum atomic E-state index is -0.996. The fourth-order valence-corrected chi connectivity index (χ4v) is 0.483. The molecular weight excluding hydrogens is 160 g/mol. The fraction of sp³-hybridized carbons (Fsp3) is 0.375. The maximum Gasteiger partial charge on any atom is 0.374 e. The molecule has 0 aromatic heterocycles. The number of methoxy groups -OCH3 is 1. The molecule has 0 aromatic carbocycles. The van der Waals surface area contributed by atoms with Crippen LogP contribution in [0, 0.1) is 0 Å². The van der Waals surface area contributed by atoms with E-state index in [2.05, 4.69) is 11.3 Å². The lowest BCUT2D eigenvalue weighted by Crippen LogP contribution is -2.19. The predicted octanol–water partition coefficient (Wildman–Crippen LogP) is 0.264. The Hall–Kier alpha value is -1.45. The molecule has 0 N–H and O–H groups in total. The number of allylic oxidation sites excluding steroid dienone is 1. The molecule has 12 heavy (non-hydrogen) atoms. The number of ether oxygens (including phenoxy) is 1. The zero-order chi connectivity index (χ0) is 9.72. The van der Waals surface area contributed by atoms with Crippen LogP contribution >= 0.6 is 0 Å². The molecule has 0 radical (unpaired) electrons. The minimum Gasteiger partial charge on any atom is -0.463 e. The molecule has 0 aliphatic carbocycles. The molecule has 0 saturated carbocycles. The molecule has 4 heteroatoms. The van der Waals surface area contributed by atoms with Gasteiger partial charge in [-0.2, -0.15) is 0 Å². The topological polar surface area (TPSA) is 60.4 Å². The molecule has 0 amide bonds. The molecule has 0 unspecified atom stereocenters. The molecule has 0 fully saturated rings. The molecule has 0 aliphatic heterocycles. The zero-order valence-corrected chi connectivity index (χ0v) is 7.05. The summed E-state index contributed by atoms with van der Waals surface area (Å²) >= 11 is 0. The number of hydrogen-bond acceptors (Lipinski definition) is 4. The summed E-state index contributed by atoms with van der Waals surface area (Å²) < 4.78 is 4.12. The first-order valence-electron chi connectivity index (χ1n) is 3.29. The maximum absolute atomic E-state index is 10.8. The van der Waals surface area contributed by atoms with Crippen molar-refractivity contribution in [1.82, 2.24) is 0 Å². The third-order valence-corrected chi connectivity index (χ3v) is 1.21. The highest BCUT2D eigenvalue weighted by Gasteiger charge is 2.17. The van der Waals surface area contributed by atoms with Crippen LogP contribution < -0.4 is 0 Å². The molecule has 0 bridgehead atoms. The first-order valence-corrected chi connectivity index (χ1v) is 3.29. The van der Waals surface area contributed by atoms with Crippen molar-refractivity contribution in [3.05, 3.63) is 12.2 Å². The lowest BCUT2D eigenvalue weighted by atomic mass is 10.1. The predicted molar refractivity (Wildman–Crippen MR) is 41.5 cm³/mol. The van der Waals surface area contributed by atoms with Crippen molar-refractivity contribution in [3.63, 3.8) is 0 Å². The lowest BCUT2D eigenvalue weighted by molar-refractivity contribution is -0.152. The van der Waals surface area contributed by atoms with Crippen LogP contribution in [0.15, 0.2) is 12.2 Å². The van der Waals surface area contributed by atoms with Gasteiger partial charge in [0, 0.05) is 0 Å². The van der Waals surface area contributed by atoms with Crippen molar-refractivity contribution >= 4 is 17.5 Å². The van der Waals surface area contributed by atoms with E-state index in [-0.39, 0.29) is 5.57 Å². The first-order chi connectivity index (χ1) is 5.49. The van der Waals surface area contributed by atoms with Gasteiger partial charge in [-0.15, -0.1) is 0 Å². The van der Waals surface area contributed by atoms with E-state index in [1.807, 2.05) is 0 Å². The van der Waals surface area contributed by atoms with Gasteiger partial charge >= 0.3 is 5.97 Å². The van der Waals surface area contributed by atoms with Gasteiger partial charge in [0.1, 0.15) is 0 Å². The van der Waals surface area contributed by atoms with Gasteiger partial charge in [0.15, 0.2) is 5.78 Å². The van der Waals surface area contributed by atoms with Gasteiger partial charge in [-0.3, -0.25) is 9.59 Å². The van der Waals surface area contributed by atoms with Gasteiger partial charge in [-0.05, 0) is 12.5 Å². The summed E-state index contributed by atoms with van der Waals surface area (Å²) in [6.45, 7) is 4.82. The van der Waals surface area contributed by atoms with E-state index >= 15 is 0 Å². The van der Waals surface area contributed by atoms with Crippen LogP contribution in [0.4, 0.5) is 0 Å². The van der Waals surface area contributed by atoms with Crippen LogP contribution in [0.3, 0.4) is 0 Å². The molecular formula is C8H10O4. The van der Waals surface area contributed by atoms with Gasteiger partial charge in [0.25, 0.3) is 0 Å². The van der Waals surface area contributed by atoms with Gasteiger partial charge < -0.3 is 4.74 Å². The number of hydrogen-bond donors (Lipinski definition) is 0. The summed E-state index contributed by atoms with van der Waals surface area (Å²) in [5.74, 6) is -2.28. The van der Waals surface area contributed by atoms with Crippen molar-refractivity contribution in [3.8, 4) is 0 Å². The van der Waals surface area contributed by atoms with Gasteiger partial charge in [-0.1, -0.05) is 6.58 Å². The fourth-order valence-electron chi connectivity index (χ4n) is 0.483. The molecule has 66 valence electrons. The average molecular weight is 170 g/mol. The highest BCUT2D eigenvalue weighted by Crippen LogP contribution is 1.97. The number of carbonyl (C=O) groups excluding carboxylic acids is 3. The molecule has 0 spiro atoms. The van der Waals surface area contributed by atoms with E-state index in [0.717, 1.165) is 7.11 Å². The minimum absolute atomic E-state index is 0.257. The second-order valence-corrected chi connectivity index (χ2v) is 2.30. The Morgan fingerprint density at radius 3 is 2.08 bits per heavy atom. The summed E-state index contributed by atoms with van der Waals surface area (Å²) in [5.41, 5.74) is 0.257. The smallest absolute Gasteiger partial charge is 0.374 e. The Bertz CT molecular complexity index is 239. The van der Waals surface area contributed by atoms with E-state index in [1.54, 1.807) is 0 Å². The molecule has 0 atom stereocenters. The number of Topliss-reactive ketones (excluding diaryl/α,β-unsaturated/α-hetero) is 2. The molecule has 0 rings (SSSR count). The third kappa shape index (κ3) is 3.09. The number of carbonyl (C=O) groups is 3. The van der Waals surface area contributed by atoms with Crippen LogP contribution in [0.25, 0.3) is 0 Å². The normalized spacial score (nSPS) is 8.83. The Balaban J connectivity index is 4.11. The Morgan fingerprint density at radius 2 is 1.75 bits per heavy atom.